The highest BCUT2D eigenvalue weighted by molar-refractivity contribution is 5.46. The number of aromatic nitrogens is 2. The maximum Gasteiger partial charge on any atom is 0.244 e. The van der Waals surface area contributed by atoms with Crippen molar-refractivity contribution in [2.75, 3.05) is 0 Å². The van der Waals surface area contributed by atoms with Gasteiger partial charge >= 0.3 is 0 Å². The highest BCUT2D eigenvalue weighted by Gasteiger charge is 2.30. The van der Waals surface area contributed by atoms with Gasteiger partial charge in [-0.1, -0.05) is 41.5 Å². The Hall–Kier alpha value is -2.09. The number of allylic oxidation sites excluding steroid dienone is 4. The molecule has 1 aliphatic rings. The minimum atomic E-state index is 0.367. The zero-order chi connectivity index (χ0) is 16.6. The van der Waals surface area contributed by atoms with E-state index in [1.54, 1.807) is 0 Å². The zero-order valence-corrected chi connectivity index (χ0v) is 14.9. The second-order valence-corrected chi connectivity index (χ2v) is 6.86. The van der Waals surface area contributed by atoms with Gasteiger partial charge in [0.1, 0.15) is 18.4 Å². The van der Waals surface area contributed by atoms with Crippen molar-refractivity contribution in [3.63, 3.8) is 0 Å². The van der Waals surface area contributed by atoms with Crippen LogP contribution in [0.5, 0.6) is 0 Å². The molecule has 3 rings (SSSR count). The molecule has 2 aromatic rings. The van der Waals surface area contributed by atoms with Crippen LogP contribution in [0.3, 0.4) is 0 Å². The van der Waals surface area contributed by atoms with E-state index in [2.05, 4.69) is 92.9 Å². The first-order valence-corrected chi connectivity index (χ1v) is 8.41. The van der Waals surface area contributed by atoms with Crippen molar-refractivity contribution in [1.29, 1.82) is 0 Å². The molecule has 1 aromatic carbocycles. The second kappa shape index (κ2) is 6.19. The zero-order valence-electron chi connectivity index (χ0n) is 14.9. The molecule has 1 heterocycles. The molecule has 2 heteroatoms. The summed E-state index contributed by atoms with van der Waals surface area (Å²) in [6, 6.07) is 11.2. The van der Waals surface area contributed by atoms with Crippen LogP contribution in [-0.4, -0.2) is 4.57 Å². The summed E-state index contributed by atoms with van der Waals surface area (Å²) in [6.45, 7) is 9.14. The molecule has 23 heavy (non-hydrogen) atoms. The summed E-state index contributed by atoms with van der Waals surface area (Å²) in [4.78, 5) is 0. The Kier molecular flexibility index (Phi) is 4.25. The average Bonchev–Trinajstić information content (AvgIpc) is 3.06. The highest BCUT2D eigenvalue weighted by atomic mass is 15.1. The van der Waals surface area contributed by atoms with Gasteiger partial charge in [-0.05, 0) is 44.4 Å². The lowest BCUT2D eigenvalue weighted by Gasteiger charge is -2.21. The van der Waals surface area contributed by atoms with Crippen LogP contribution in [-0.2, 0) is 7.05 Å². The van der Waals surface area contributed by atoms with E-state index in [1.807, 2.05) is 0 Å². The number of rotatable bonds is 4. The Morgan fingerprint density at radius 1 is 1.00 bits per heavy atom. The van der Waals surface area contributed by atoms with E-state index in [0.29, 0.717) is 12.0 Å². The predicted molar refractivity (Wildman–Crippen MR) is 95.0 cm³/mol. The minimum Gasteiger partial charge on any atom is -0.240 e. The summed E-state index contributed by atoms with van der Waals surface area (Å²) in [5, 5.41) is 0. The molecule has 1 aromatic heterocycles. The van der Waals surface area contributed by atoms with E-state index in [4.69, 9.17) is 0 Å². The normalized spacial score (nSPS) is 17.3. The van der Waals surface area contributed by atoms with Gasteiger partial charge in [0.05, 0.1) is 7.05 Å². The van der Waals surface area contributed by atoms with Crippen LogP contribution in [0.2, 0.25) is 0 Å². The van der Waals surface area contributed by atoms with E-state index in [1.165, 1.54) is 27.9 Å². The van der Waals surface area contributed by atoms with Gasteiger partial charge in [-0.3, -0.25) is 0 Å². The maximum atomic E-state index is 2.35. The third kappa shape index (κ3) is 2.90. The van der Waals surface area contributed by atoms with E-state index in [-0.39, 0.29) is 0 Å². The van der Waals surface area contributed by atoms with Crippen molar-refractivity contribution in [3.05, 3.63) is 76.9 Å². The summed E-state index contributed by atoms with van der Waals surface area (Å²) in [7, 11) is 2.08. The van der Waals surface area contributed by atoms with Gasteiger partial charge in [0.15, 0.2) is 0 Å². The summed E-state index contributed by atoms with van der Waals surface area (Å²) in [5.41, 5.74) is 7.43. The Bertz CT molecular complexity index is 738. The van der Waals surface area contributed by atoms with E-state index < -0.39 is 0 Å². The lowest BCUT2D eigenvalue weighted by atomic mass is 9.87. The first-order chi connectivity index (χ1) is 11.0. The van der Waals surface area contributed by atoms with Gasteiger partial charge in [0.2, 0.25) is 6.33 Å². The van der Waals surface area contributed by atoms with Crippen LogP contribution in [0, 0.1) is 5.92 Å². The third-order valence-electron chi connectivity index (χ3n) is 5.58. The highest BCUT2D eigenvalue weighted by Crippen LogP contribution is 2.42. The van der Waals surface area contributed by atoms with Crippen molar-refractivity contribution in [1.82, 2.24) is 4.57 Å². The van der Waals surface area contributed by atoms with Crippen molar-refractivity contribution in [2.45, 2.75) is 40.2 Å². The standard InChI is InChI=1S/C21H27N2/c1-15-16(2)18(4)20(17(15)3)13-21(19-9-7-6-8-10-19)23-12-11-22(5)14-23/h6-12,14,20-21H,13H2,1-5H3/q+1. The van der Waals surface area contributed by atoms with Gasteiger partial charge in [-0.2, -0.15) is 0 Å². The number of hydrogen-bond acceptors (Lipinski definition) is 0. The molecule has 0 aliphatic heterocycles. The smallest absolute Gasteiger partial charge is 0.240 e. The van der Waals surface area contributed by atoms with Crippen LogP contribution in [0.25, 0.3) is 0 Å². The first kappa shape index (κ1) is 15.8. The molecule has 0 bridgehead atoms. The number of aryl methyl sites for hydroxylation is 1. The lowest BCUT2D eigenvalue weighted by Crippen LogP contribution is -2.25. The monoisotopic (exact) mass is 307 g/mol. The molecule has 0 spiro atoms. The van der Waals surface area contributed by atoms with E-state index >= 15 is 0 Å². The topological polar surface area (TPSA) is 8.81 Å². The van der Waals surface area contributed by atoms with Crippen molar-refractivity contribution < 1.29 is 4.57 Å². The number of nitrogens with zero attached hydrogens (tertiary/aromatic N) is 2. The summed E-state index contributed by atoms with van der Waals surface area (Å²) in [6.07, 6.45) is 7.60. The molecule has 0 fully saturated rings. The fraction of sp³-hybridized carbons (Fsp3) is 0.381. The number of benzene rings is 1. The third-order valence-corrected chi connectivity index (χ3v) is 5.58. The molecule has 0 N–H and O–H groups in total. The fourth-order valence-corrected chi connectivity index (χ4v) is 3.77. The van der Waals surface area contributed by atoms with Crippen LogP contribution >= 0.6 is 0 Å². The molecule has 0 saturated carbocycles. The van der Waals surface area contributed by atoms with Gasteiger partial charge in [-0.15, -0.1) is 0 Å². The van der Waals surface area contributed by atoms with Gasteiger partial charge in [0, 0.05) is 12.3 Å². The molecule has 1 unspecified atom stereocenters. The maximum absolute atomic E-state index is 2.35. The Labute approximate surface area is 139 Å². The van der Waals surface area contributed by atoms with Crippen LogP contribution in [0.15, 0.2) is 71.3 Å². The first-order valence-electron chi connectivity index (χ1n) is 8.41. The predicted octanol–water partition coefficient (Wildman–Crippen LogP) is 4.59. The Morgan fingerprint density at radius 3 is 2.13 bits per heavy atom. The van der Waals surface area contributed by atoms with Crippen molar-refractivity contribution in [2.24, 2.45) is 13.0 Å². The SMILES string of the molecule is CC1=C(C)C(CC(c2ccccc2)n2cc[n+](C)c2)C(C)=C1C. The molecule has 0 radical (unpaired) electrons. The van der Waals surface area contributed by atoms with Crippen LogP contribution in [0.4, 0.5) is 0 Å². The molecular formula is C21H27N2+. The van der Waals surface area contributed by atoms with E-state index in [0.717, 1.165) is 6.42 Å². The van der Waals surface area contributed by atoms with Crippen molar-refractivity contribution in [3.8, 4) is 0 Å². The lowest BCUT2D eigenvalue weighted by molar-refractivity contribution is -0.671. The molecule has 2 nitrogen and oxygen atoms in total. The minimum absolute atomic E-state index is 0.367. The quantitative estimate of drug-likeness (QED) is 0.730. The van der Waals surface area contributed by atoms with Crippen LogP contribution in [0.1, 0.15) is 45.7 Å². The van der Waals surface area contributed by atoms with Gasteiger partial charge in [0.25, 0.3) is 0 Å². The molecule has 120 valence electrons. The molecule has 0 saturated heterocycles. The molecule has 0 amide bonds. The number of hydrogen-bond donors (Lipinski definition) is 0. The average molecular weight is 307 g/mol. The summed E-state index contributed by atoms with van der Waals surface area (Å²) < 4.78 is 4.46. The Balaban J connectivity index is 1.98. The molecule has 1 atom stereocenters. The summed E-state index contributed by atoms with van der Waals surface area (Å²) >= 11 is 0. The van der Waals surface area contributed by atoms with Crippen LogP contribution < -0.4 is 4.57 Å². The van der Waals surface area contributed by atoms with E-state index in [9.17, 15) is 0 Å². The number of imidazole rings is 1. The van der Waals surface area contributed by atoms with Gasteiger partial charge < -0.3 is 0 Å². The summed E-state index contributed by atoms with van der Waals surface area (Å²) in [5.74, 6) is 0.549. The second-order valence-electron chi connectivity index (χ2n) is 6.86. The Morgan fingerprint density at radius 2 is 1.61 bits per heavy atom. The van der Waals surface area contributed by atoms with Gasteiger partial charge in [-0.25, -0.2) is 9.13 Å². The molecular weight excluding hydrogens is 280 g/mol. The largest absolute Gasteiger partial charge is 0.244 e. The fourth-order valence-electron chi connectivity index (χ4n) is 3.77. The molecule has 1 aliphatic carbocycles. The van der Waals surface area contributed by atoms with Crippen molar-refractivity contribution >= 4 is 0 Å².